The topological polar surface area (TPSA) is 97.1 Å². The molecule has 2 heterocycles. The molecule has 0 aliphatic rings. The lowest BCUT2D eigenvalue weighted by atomic mass is 10.1. The molecule has 1 aromatic carbocycles. The van der Waals surface area contributed by atoms with Crippen molar-refractivity contribution in [3.05, 3.63) is 35.6 Å². The lowest BCUT2D eigenvalue weighted by molar-refractivity contribution is 0.102. The zero-order valence-electron chi connectivity index (χ0n) is 14.4. The van der Waals surface area contributed by atoms with Crippen LogP contribution in [0.15, 0.2) is 29.4 Å². The number of aromatic nitrogens is 5. The van der Waals surface area contributed by atoms with Gasteiger partial charge in [0.25, 0.3) is 5.78 Å². The number of anilines is 2. The highest BCUT2D eigenvalue weighted by atomic mass is 32.2. The minimum absolute atomic E-state index is 0.123. The number of hydrogen-bond donors (Lipinski definition) is 2. The van der Waals surface area contributed by atoms with Crippen molar-refractivity contribution in [3.63, 3.8) is 0 Å². The van der Waals surface area contributed by atoms with Gasteiger partial charge in [-0.2, -0.15) is 9.97 Å². The maximum Gasteiger partial charge on any atom is 0.261 e. The second-order valence-electron chi connectivity index (χ2n) is 5.27. The molecule has 3 rings (SSSR count). The highest BCUT2D eigenvalue weighted by molar-refractivity contribution is 7.99. The van der Waals surface area contributed by atoms with Crippen molar-refractivity contribution in [2.75, 3.05) is 29.5 Å². The summed E-state index contributed by atoms with van der Waals surface area (Å²) in [7, 11) is 0. The van der Waals surface area contributed by atoms with Gasteiger partial charge in [0.05, 0.1) is 5.75 Å². The summed E-state index contributed by atoms with van der Waals surface area (Å²) in [5.41, 5.74) is 0.449. The highest BCUT2D eigenvalue weighted by Crippen LogP contribution is 2.22. The van der Waals surface area contributed by atoms with Crippen LogP contribution in [0.2, 0.25) is 0 Å². The third-order valence-corrected chi connectivity index (χ3v) is 4.34. The molecule has 0 saturated heterocycles. The zero-order valence-corrected chi connectivity index (χ0v) is 15.2. The Morgan fingerprint density at radius 3 is 2.54 bits per heavy atom. The van der Waals surface area contributed by atoms with Gasteiger partial charge in [0, 0.05) is 18.7 Å². The molecule has 0 aliphatic carbocycles. The normalized spacial score (nSPS) is 10.9. The molecule has 2 aromatic heterocycles. The van der Waals surface area contributed by atoms with E-state index in [1.165, 1.54) is 36.0 Å². The summed E-state index contributed by atoms with van der Waals surface area (Å²) in [5.74, 6) is 1.05. The minimum atomic E-state index is -0.374. The van der Waals surface area contributed by atoms with Crippen LogP contribution in [0.1, 0.15) is 24.2 Å². The number of rotatable bonds is 8. The Morgan fingerprint density at radius 1 is 1.12 bits per heavy atom. The molecule has 0 aliphatic heterocycles. The van der Waals surface area contributed by atoms with Crippen LogP contribution in [0.5, 0.6) is 0 Å². The number of hydrogen-bond acceptors (Lipinski definition) is 8. The number of nitrogens with one attached hydrogen (secondary N) is 2. The van der Waals surface area contributed by atoms with E-state index in [1.807, 2.05) is 13.8 Å². The van der Waals surface area contributed by atoms with Gasteiger partial charge in [-0.15, -0.1) is 10.2 Å². The van der Waals surface area contributed by atoms with Gasteiger partial charge in [-0.3, -0.25) is 4.79 Å². The van der Waals surface area contributed by atoms with Gasteiger partial charge in [-0.25, -0.2) is 8.79 Å². The molecular weight excluding hydrogens is 357 g/mol. The Morgan fingerprint density at radius 2 is 1.85 bits per heavy atom. The lowest BCUT2D eigenvalue weighted by Crippen LogP contribution is -2.12. The summed E-state index contributed by atoms with van der Waals surface area (Å²) in [6.45, 7) is 5.25. The van der Waals surface area contributed by atoms with Gasteiger partial charge in [0.2, 0.25) is 11.9 Å². The van der Waals surface area contributed by atoms with Crippen molar-refractivity contribution in [1.29, 1.82) is 0 Å². The van der Waals surface area contributed by atoms with Crippen LogP contribution in [-0.2, 0) is 0 Å². The first-order valence-electron chi connectivity index (χ1n) is 8.14. The summed E-state index contributed by atoms with van der Waals surface area (Å²) >= 11 is 1.23. The van der Waals surface area contributed by atoms with Crippen LogP contribution in [0.3, 0.4) is 0 Å². The fraction of sp³-hybridized carbons (Fsp3) is 0.312. The molecule has 136 valence electrons. The van der Waals surface area contributed by atoms with E-state index < -0.39 is 0 Å². The SMILES string of the molecule is CCNc1nc(NCC)n2c(SCC(=O)c3ccc(F)cc3)nnc2n1. The largest absolute Gasteiger partial charge is 0.355 e. The van der Waals surface area contributed by atoms with Crippen LogP contribution in [0.25, 0.3) is 5.78 Å². The predicted molar refractivity (Wildman–Crippen MR) is 98.4 cm³/mol. The standard InChI is InChI=1S/C16H18FN7OS/c1-3-18-13-20-14(19-4-2)24-15(21-13)22-23-16(24)26-9-12(25)10-5-7-11(17)8-6-10/h5-8H,3-4,9H2,1-2H3,(H2,18,19,20,21,22). The smallest absolute Gasteiger partial charge is 0.261 e. The fourth-order valence-corrected chi connectivity index (χ4v) is 3.07. The van der Waals surface area contributed by atoms with E-state index in [9.17, 15) is 9.18 Å². The molecule has 0 spiro atoms. The molecule has 0 radical (unpaired) electrons. The first-order chi connectivity index (χ1) is 12.6. The van der Waals surface area contributed by atoms with Gasteiger partial charge in [0.15, 0.2) is 10.9 Å². The van der Waals surface area contributed by atoms with Crippen LogP contribution in [-0.4, -0.2) is 49.2 Å². The average molecular weight is 375 g/mol. The lowest BCUT2D eigenvalue weighted by Gasteiger charge is -2.09. The number of carbonyl (C=O) groups is 1. The highest BCUT2D eigenvalue weighted by Gasteiger charge is 2.16. The number of Topliss-reactive ketones (excluding diaryl/α,β-unsaturated/α-hetero) is 1. The monoisotopic (exact) mass is 375 g/mol. The van der Waals surface area contributed by atoms with E-state index in [4.69, 9.17) is 0 Å². The zero-order chi connectivity index (χ0) is 18.5. The number of carbonyl (C=O) groups excluding carboxylic acids is 1. The Balaban J connectivity index is 1.83. The van der Waals surface area contributed by atoms with E-state index in [2.05, 4.69) is 30.8 Å². The molecule has 0 unspecified atom stereocenters. The number of benzene rings is 1. The maximum absolute atomic E-state index is 13.0. The molecule has 3 aromatic rings. The number of ketones is 1. The Labute approximate surface area is 153 Å². The minimum Gasteiger partial charge on any atom is -0.355 e. The van der Waals surface area contributed by atoms with E-state index in [-0.39, 0.29) is 17.4 Å². The van der Waals surface area contributed by atoms with Gasteiger partial charge in [-0.05, 0) is 38.1 Å². The van der Waals surface area contributed by atoms with Crippen molar-refractivity contribution in [3.8, 4) is 0 Å². The van der Waals surface area contributed by atoms with E-state index in [1.54, 1.807) is 4.40 Å². The van der Waals surface area contributed by atoms with Gasteiger partial charge in [-0.1, -0.05) is 11.8 Å². The predicted octanol–water partition coefficient (Wildman–Crippen LogP) is 2.50. The van der Waals surface area contributed by atoms with Gasteiger partial charge in [0.1, 0.15) is 5.82 Å². The quantitative estimate of drug-likeness (QED) is 0.458. The molecular formula is C16H18FN7OS. The molecule has 0 fully saturated rings. The first-order valence-corrected chi connectivity index (χ1v) is 9.13. The average Bonchev–Trinajstić information content (AvgIpc) is 3.04. The molecule has 26 heavy (non-hydrogen) atoms. The molecule has 0 saturated carbocycles. The third kappa shape index (κ3) is 3.90. The van der Waals surface area contributed by atoms with Crippen LogP contribution < -0.4 is 10.6 Å². The summed E-state index contributed by atoms with van der Waals surface area (Å²) in [6, 6.07) is 5.47. The van der Waals surface area contributed by atoms with Crippen LogP contribution in [0, 0.1) is 5.82 Å². The maximum atomic E-state index is 13.0. The van der Waals surface area contributed by atoms with E-state index in [0.29, 0.717) is 41.5 Å². The number of fused-ring (bicyclic) bond motifs is 1. The molecule has 0 amide bonds. The number of halogens is 1. The van der Waals surface area contributed by atoms with E-state index in [0.717, 1.165) is 0 Å². The van der Waals surface area contributed by atoms with Crippen molar-refractivity contribution in [2.24, 2.45) is 0 Å². The number of thioether (sulfide) groups is 1. The first kappa shape index (κ1) is 18.1. The third-order valence-electron chi connectivity index (χ3n) is 3.41. The molecule has 8 nitrogen and oxygen atoms in total. The molecule has 0 atom stereocenters. The van der Waals surface area contributed by atoms with Crippen molar-refractivity contribution in [1.82, 2.24) is 24.6 Å². The van der Waals surface area contributed by atoms with Crippen molar-refractivity contribution in [2.45, 2.75) is 19.0 Å². The molecule has 2 N–H and O–H groups in total. The van der Waals surface area contributed by atoms with Gasteiger partial charge >= 0.3 is 0 Å². The van der Waals surface area contributed by atoms with Gasteiger partial charge < -0.3 is 10.6 Å². The molecule has 10 heteroatoms. The second kappa shape index (κ2) is 8.09. The summed E-state index contributed by atoms with van der Waals surface area (Å²) in [6.07, 6.45) is 0. The summed E-state index contributed by atoms with van der Waals surface area (Å²) in [4.78, 5) is 21.0. The summed E-state index contributed by atoms with van der Waals surface area (Å²) in [5, 5.41) is 14.9. The summed E-state index contributed by atoms with van der Waals surface area (Å²) < 4.78 is 14.6. The van der Waals surface area contributed by atoms with Crippen molar-refractivity contribution < 1.29 is 9.18 Å². The van der Waals surface area contributed by atoms with Crippen LogP contribution in [0.4, 0.5) is 16.3 Å². The second-order valence-corrected chi connectivity index (χ2v) is 6.21. The van der Waals surface area contributed by atoms with E-state index >= 15 is 0 Å². The molecule has 0 bridgehead atoms. The Bertz CT molecular complexity index is 913. The fourth-order valence-electron chi connectivity index (χ4n) is 2.25. The van der Waals surface area contributed by atoms with Crippen LogP contribution >= 0.6 is 11.8 Å². The number of nitrogens with zero attached hydrogens (tertiary/aromatic N) is 5. The Kier molecular flexibility index (Phi) is 5.61. The Hall–Kier alpha value is -2.75. The van der Waals surface area contributed by atoms with Crippen molar-refractivity contribution >= 4 is 35.2 Å².